The van der Waals surface area contributed by atoms with E-state index in [4.69, 9.17) is 14.5 Å². The number of methoxy groups -OCH3 is 2. The molecule has 0 saturated heterocycles. The zero-order valence-corrected chi connectivity index (χ0v) is 15.4. The Bertz CT molecular complexity index is 739. The van der Waals surface area contributed by atoms with Crippen molar-refractivity contribution in [1.29, 1.82) is 0 Å². The number of hydrogen-bond donors (Lipinski definition) is 0. The third-order valence-electron chi connectivity index (χ3n) is 4.20. The summed E-state index contributed by atoms with van der Waals surface area (Å²) in [7, 11) is 3.35. The Morgan fingerprint density at radius 3 is 2.25 bits per heavy atom. The fourth-order valence-corrected chi connectivity index (χ4v) is 3.19. The van der Waals surface area contributed by atoms with Gasteiger partial charge in [0.1, 0.15) is 0 Å². The van der Waals surface area contributed by atoms with E-state index in [1.54, 1.807) is 14.2 Å². The Morgan fingerprint density at radius 2 is 1.62 bits per heavy atom. The normalized spacial score (nSPS) is 14.9. The number of fused-ring (bicyclic) bond motifs is 1. The van der Waals surface area contributed by atoms with Gasteiger partial charge in [-0.05, 0) is 43.5 Å². The standard InChI is InChI=1S/C20H23NO2.ClH/c1-20(2)13-15-11-18(22-3)19(23-4)12-16(15)17(21-20)10-14-8-6-5-7-9-14;/h5-9,11-12H,10,13H2,1-4H3;1H. The molecule has 0 radical (unpaired) electrons. The first kappa shape index (κ1) is 18.3. The number of aliphatic imine (C=N–C) groups is 1. The van der Waals surface area contributed by atoms with E-state index in [0.717, 1.165) is 30.1 Å². The molecule has 0 aromatic heterocycles. The average Bonchev–Trinajstić information content (AvgIpc) is 2.53. The molecule has 0 N–H and O–H groups in total. The van der Waals surface area contributed by atoms with E-state index in [1.165, 1.54) is 16.7 Å². The molecule has 2 aromatic carbocycles. The summed E-state index contributed by atoms with van der Waals surface area (Å²) in [6.45, 7) is 4.36. The Kier molecular flexibility index (Phi) is 5.55. The lowest BCUT2D eigenvalue weighted by atomic mass is 9.85. The molecular weight excluding hydrogens is 322 g/mol. The van der Waals surface area contributed by atoms with Gasteiger partial charge in [0.05, 0.1) is 19.8 Å². The van der Waals surface area contributed by atoms with E-state index in [0.29, 0.717) is 0 Å². The van der Waals surface area contributed by atoms with Gasteiger partial charge in [0, 0.05) is 17.7 Å². The lowest BCUT2D eigenvalue weighted by molar-refractivity contribution is 0.353. The second-order valence-electron chi connectivity index (χ2n) is 6.57. The van der Waals surface area contributed by atoms with Gasteiger partial charge in [-0.1, -0.05) is 30.3 Å². The molecule has 2 aromatic rings. The van der Waals surface area contributed by atoms with Gasteiger partial charge in [-0.3, -0.25) is 4.99 Å². The summed E-state index contributed by atoms with van der Waals surface area (Å²) in [4.78, 5) is 5.00. The second kappa shape index (κ2) is 7.27. The molecule has 0 amide bonds. The third-order valence-corrected chi connectivity index (χ3v) is 4.20. The molecule has 0 saturated carbocycles. The maximum absolute atomic E-state index is 5.47. The van der Waals surface area contributed by atoms with Gasteiger partial charge < -0.3 is 9.47 Å². The number of benzene rings is 2. The van der Waals surface area contributed by atoms with Gasteiger partial charge in [-0.2, -0.15) is 0 Å². The highest BCUT2D eigenvalue weighted by Gasteiger charge is 2.28. The van der Waals surface area contributed by atoms with E-state index < -0.39 is 0 Å². The van der Waals surface area contributed by atoms with Crippen molar-refractivity contribution < 1.29 is 9.47 Å². The molecule has 3 rings (SSSR count). The van der Waals surface area contributed by atoms with Gasteiger partial charge in [0.25, 0.3) is 0 Å². The molecule has 0 spiro atoms. The molecule has 24 heavy (non-hydrogen) atoms. The zero-order valence-electron chi connectivity index (χ0n) is 14.6. The van der Waals surface area contributed by atoms with Crippen LogP contribution in [0.25, 0.3) is 0 Å². The van der Waals surface area contributed by atoms with Crippen molar-refractivity contribution in [2.75, 3.05) is 14.2 Å². The number of halogens is 1. The number of rotatable bonds is 4. The van der Waals surface area contributed by atoms with Crippen LogP contribution in [0.4, 0.5) is 0 Å². The zero-order chi connectivity index (χ0) is 16.4. The molecule has 3 nitrogen and oxygen atoms in total. The second-order valence-corrected chi connectivity index (χ2v) is 6.57. The first-order valence-electron chi connectivity index (χ1n) is 7.90. The van der Waals surface area contributed by atoms with E-state index in [9.17, 15) is 0 Å². The Balaban J connectivity index is 0.00000208. The smallest absolute Gasteiger partial charge is 0.161 e. The Morgan fingerprint density at radius 1 is 1.00 bits per heavy atom. The van der Waals surface area contributed by atoms with Gasteiger partial charge in [-0.25, -0.2) is 0 Å². The third kappa shape index (κ3) is 3.73. The minimum atomic E-state index is -0.100. The van der Waals surface area contributed by atoms with Crippen LogP contribution in [0, 0.1) is 0 Å². The van der Waals surface area contributed by atoms with E-state index in [-0.39, 0.29) is 17.9 Å². The maximum Gasteiger partial charge on any atom is 0.161 e. The maximum atomic E-state index is 5.47. The molecule has 1 heterocycles. The highest BCUT2D eigenvalue weighted by molar-refractivity contribution is 6.04. The quantitative estimate of drug-likeness (QED) is 0.817. The van der Waals surface area contributed by atoms with Crippen LogP contribution in [0.1, 0.15) is 30.5 Å². The highest BCUT2D eigenvalue weighted by Crippen LogP contribution is 2.36. The minimum Gasteiger partial charge on any atom is -0.493 e. The van der Waals surface area contributed by atoms with Gasteiger partial charge >= 0.3 is 0 Å². The van der Waals surface area contributed by atoms with Gasteiger partial charge in [0.15, 0.2) is 11.5 Å². The molecule has 4 heteroatoms. The van der Waals surface area contributed by atoms with Crippen molar-refractivity contribution in [3.8, 4) is 11.5 Å². The van der Waals surface area contributed by atoms with E-state index in [1.807, 2.05) is 6.07 Å². The molecule has 128 valence electrons. The highest BCUT2D eigenvalue weighted by atomic mass is 35.5. The van der Waals surface area contributed by atoms with E-state index >= 15 is 0 Å². The van der Waals surface area contributed by atoms with Crippen LogP contribution in [0.5, 0.6) is 11.5 Å². The molecular formula is C20H24ClNO2. The van der Waals surface area contributed by atoms with Gasteiger partial charge in [-0.15, -0.1) is 12.4 Å². The monoisotopic (exact) mass is 345 g/mol. The largest absolute Gasteiger partial charge is 0.493 e. The summed E-state index contributed by atoms with van der Waals surface area (Å²) in [5, 5.41) is 0. The van der Waals surface area contributed by atoms with Crippen molar-refractivity contribution in [2.24, 2.45) is 4.99 Å². The van der Waals surface area contributed by atoms with Crippen LogP contribution in [-0.4, -0.2) is 25.5 Å². The fourth-order valence-electron chi connectivity index (χ4n) is 3.19. The molecule has 0 atom stereocenters. The molecule has 0 unspecified atom stereocenters. The number of hydrogen-bond acceptors (Lipinski definition) is 3. The van der Waals surface area contributed by atoms with Crippen LogP contribution in [0.3, 0.4) is 0 Å². The summed E-state index contributed by atoms with van der Waals surface area (Å²) in [5.41, 5.74) is 4.73. The van der Waals surface area contributed by atoms with Gasteiger partial charge in [0.2, 0.25) is 0 Å². The number of ether oxygens (including phenoxy) is 2. The van der Waals surface area contributed by atoms with Crippen LogP contribution in [-0.2, 0) is 12.8 Å². The van der Waals surface area contributed by atoms with Crippen molar-refractivity contribution in [2.45, 2.75) is 32.2 Å². The van der Waals surface area contributed by atoms with Crippen molar-refractivity contribution in [1.82, 2.24) is 0 Å². The minimum absolute atomic E-state index is 0. The molecule has 0 bridgehead atoms. The summed E-state index contributed by atoms with van der Waals surface area (Å²) < 4.78 is 10.9. The fraction of sp³-hybridized carbons (Fsp3) is 0.350. The summed E-state index contributed by atoms with van der Waals surface area (Å²) >= 11 is 0. The topological polar surface area (TPSA) is 30.8 Å². The first-order chi connectivity index (χ1) is 11.0. The average molecular weight is 346 g/mol. The predicted octanol–water partition coefficient (Wildman–Crippen LogP) is 4.49. The lowest BCUT2D eigenvalue weighted by Gasteiger charge is -2.30. The first-order valence-corrected chi connectivity index (χ1v) is 7.90. The lowest BCUT2D eigenvalue weighted by Crippen LogP contribution is -2.30. The van der Waals surface area contributed by atoms with Crippen LogP contribution in [0.15, 0.2) is 47.5 Å². The van der Waals surface area contributed by atoms with Crippen LogP contribution >= 0.6 is 12.4 Å². The Hall–Kier alpha value is -2.00. The van der Waals surface area contributed by atoms with Crippen LogP contribution in [0.2, 0.25) is 0 Å². The molecule has 1 aliphatic rings. The van der Waals surface area contributed by atoms with Crippen molar-refractivity contribution in [3.05, 3.63) is 59.2 Å². The molecule has 0 aliphatic carbocycles. The Labute approximate surface area is 150 Å². The molecule has 0 fully saturated rings. The molecule has 1 aliphatic heterocycles. The predicted molar refractivity (Wildman–Crippen MR) is 101 cm³/mol. The van der Waals surface area contributed by atoms with Crippen molar-refractivity contribution >= 4 is 18.1 Å². The number of nitrogens with zero attached hydrogens (tertiary/aromatic N) is 1. The van der Waals surface area contributed by atoms with Crippen molar-refractivity contribution in [3.63, 3.8) is 0 Å². The van der Waals surface area contributed by atoms with Crippen LogP contribution < -0.4 is 9.47 Å². The summed E-state index contributed by atoms with van der Waals surface area (Å²) in [6, 6.07) is 14.6. The summed E-state index contributed by atoms with van der Waals surface area (Å²) in [6.07, 6.45) is 1.73. The summed E-state index contributed by atoms with van der Waals surface area (Å²) in [5.74, 6) is 1.54. The van der Waals surface area contributed by atoms with E-state index in [2.05, 4.69) is 50.2 Å². The SMILES string of the molecule is COc1cc2c(cc1OC)C(Cc1ccccc1)=NC(C)(C)C2.Cl.